The lowest BCUT2D eigenvalue weighted by atomic mass is 10.1. The molecule has 0 bridgehead atoms. The molecule has 1 unspecified atom stereocenters. The Hall–Kier alpha value is -2.33. The first-order chi connectivity index (χ1) is 16.7. The van der Waals surface area contributed by atoms with Crippen LogP contribution in [-0.4, -0.2) is 78.9 Å². The average molecular weight is 511 g/mol. The third-order valence-electron chi connectivity index (χ3n) is 6.50. The third-order valence-corrected chi connectivity index (χ3v) is 6.74. The number of benzene rings is 2. The molecule has 2 aliphatic heterocycles. The number of likely N-dealkylation sites (tertiary alicyclic amines) is 1. The van der Waals surface area contributed by atoms with Crippen molar-refractivity contribution in [2.45, 2.75) is 31.7 Å². The van der Waals surface area contributed by atoms with Crippen LogP contribution < -0.4 is 10.2 Å². The van der Waals surface area contributed by atoms with Crippen molar-refractivity contribution < 1.29 is 23.1 Å². The first kappa shape index (κ1) is 25.8. The third kappa shape index (κ3) is 7.33. The van der Waals surface area contributed by atoms with Crippen molar-refractivity contribution in [3.8, 4) is 0 Å². The molecule has 2 heterocycles. The molecule has 2 N–H and O–H groups in total. The van der Waals surface area contributed by atoms with E-state index in [4.69, 9.17) is 11.6 Å². The van der Waals surface area contributed by atoms with Crippen LogP contribution in [0.5, 0.6) is 0 Å². The van der Waals surface area contributed by atoms with E-state index in [0.717, 1.165) is 30.8 Å². The molecule has 0 radical (unpaired) electrons. The Labute approximate surface area is 208 Å². The predicted molar refractivity (Wildman–Crippen MR) is 131 cm³/mol. The average Bonchev–Trinajstić information content (AvgIpc) is 3.23. The van der Waals surface area contributed by atoms with Gasteiger partial charge in [-0.25, -0.2) is 0 Å². The molecule has 190 valence electrons. The Kier molecular flexibility index (Phi) is 8.21. The molecule has 10 heteroatoms. The smallest absolute Gasteiger partial charge is 0.390 e. The van der Waals surface area contributed by atoms with Crippen LogP contribution in [0, 0.1) is 0 Å². The van der Waals surface area contributed by atoms with E-state index in [-0.39, 0.29) is 18.6 Å². The van der Waals surface area contributed by atoms with Gasteiger partial charge in [-0.3, -0.25) is 14.6 Å². The van der Waals surface area contributed by atoms with Crippen LogP contribution >= 0.6 is 11.6 Å². The molecule has 0 aliphatic carbocycles. The minimum atomic E-state index is -4.16. The standard InChI is InChI=1S/C25H30ClF3N4O2/c26-20-5-6-22(23(15-20)33-13-11-31(12-14-33)10-8-25(27,28)29)30-24(35)19-3-1-18(2-4-19)16-32-9-7-21(34)17-32/h1-6,15,21,34H,7-14,16-17H2,(H,30,35). The molecule has 6 nitrogen and oxygen atoms in total. The normalized spacial score (nSPS) is 19.8. The van der Waals surface area contributed by atoms with Gasteiger partial charge in [0.2, 0.25) is 0 Å². The number of carbonyl (C=O) groups excluding carboxylic acids is 1. The molecule has 2 aliphatic rings. The number of alkyl halides is 3. The number of anilines is 2. The van der Waals surface area contributed by atoms with Crippen LogP contribution in [0.25, 0.3) is 0 Å². The highest BCUT2D eigenvalue weighted by molar-refractivity contribution is 6.31. The number of amides is 1. The second-order valence-corrected chi connectivity index (χ2v) is 9.62. The molecule has 2 saturated heterocycles. The van der Waals surface area contributed by atoms with Gasteiger partial charge in [0.15, 0.2) is 0 Å². The highest BCUT2D eigenvalue weighted by Crippen LogP contribution is 2.31. The Bertz CT molecular complexity index is 1010. The number of aliphatic hydroxyl groups is 1. The van der Waals surface area contributed by atoms with Crippen molar-refractivity contribution in [3.63, 3.8) is 0 Å². The van der Waals surface area contributed by atoms with Crippen molar-refractivity contribution in [2.75, 3.05) is 56.0 Å². The second-order valence-electron chi connectivity index (χ2n) is 9.18. The van der Waals surface area contributed by atoms with Gasteiger partial charge >= 0.3 is 6.18 Å². The Morgan fingerprint density at radius 2 is 1.74 bits per heavy atom. The quantitative estimate of drug-likeness (QED) is 0.584. The lowest BCUT2D eigenvalue weighted by molar-refractivity contribution is -0.138. The molecular formula is C25H30ClF3N4O2. The van der Waals surface area contributed by atoms with Gasteiger partial charge in [0.25, 0.3) is 5.91 Å². The fraction of sp³-hybridized carbons (Fsp3) is 0.480. The zero-order valence-electron chi connectivity index (χ0n) is 19.4. The summed E-state index contributed by atoms with van der Waals surface area (Å²) in [5, 5.41) is 13.2. The van der Waals surface area contributed by atoms with Gasteiger partial charge in [0.1, 0.15) is 0 Å². The van der Waals surface area contributed by atoms with Crippen LogP contribution in [0.1, 0.15) is 28.8 Å². The summed E-state index contributed by atoms with van der Waals surface area (Å²) in [6.45, 7) is 4.34. The van der Waals surface area contributed by atoms with Crippen LogP contribution in [0.2, 0.25) is 5.02 Å². The summed E-state index contributed by atoms with van der Waals surface area (Å²) in [7, 11) is 0. The maximum absolute atomic E-state index is 12.9. The number of rotatable bonds is 7. The number of nitrogens with zero attached hydrogens (tertiary/aromatic N) is 3. The number of halogens is 4. The number of aliphatic hydroxyl groups excluding tert-OH is 1. The Morgan fingerprint density at radius 3 is 2.37 bits per heavy atom. The topological polar surface area (TPSA) is 59.1 Å². The summed E-state index contributed by atoms with van der Waals surface area (Å²) < 4.78 is 37.6. The second kappa shape index (κ2) is 11.2. The van der Waals surface area contributed by atoms with Crippen LogP contribution in [0.15, 0.2) is 42.5 Å². The van der Waals surface area contributed by atoms with Gasteiger partial charge < -0.3 is 15.3 Å². The molecule has 2 aromatic rings. The number of β-amino-alcohol motifs (C(OH)–C–C–N with tert-alkyl or cyclic N) is 1. The van der Waals surface area contributed by atoms with E-state index in [1.807, 2.05) is 17.0 Å². The fourth-order valence-corrected chi connectivity index (χ4v) is 4.71. The molecule has 35 heavy (non-hydrogen) atoms. The van der Waals surface area contributed by atoms with Gasteiger partial charge in [0, 0.05) is 62.9 Å². The largest absolute Gasteiger partial charge is 0.392 e. The first-order valence-electron chi connectivity index (χ1n) is 11.8. The van der Waals surface area contributed by atoms with Gasteiger partial charge in [-0.2, -0.15) is 13.2 Å². The van der Waals surface area contributed by atoms with E-state index in [0.29, 0.717) is 49.0 Å². The van der Waals surface area contributed by atoms with Gasteiger partial charge in [-0.1, -0.05) is 23.7 Å². The Balaban J connectivity index is 1.37. The molecule has 2 aromatic carbocycles. The van der Waals surface area contributed by atoms with Crippen molar-refractivity contribution in [1.29, 1.82) is 0 Å². The first-order valence-corrected chi connectivity index (χ1v) is 12.2. The molecule has 2 fully saturated rings. The van der Waals surface area contributed by atoms with E-state index < -0.39 is 12.6 Å². The number of hydrogen-bond donors (Lipinski definition) is 2. The zero-order valence-corrected chi connectivity index (χ0v) is 20.2. The van der Waals surface area contributed by atoms with Crippen molar-refractivity contribution in [2.24, 2.45) is 0 Å². The number of nitrogens with one attached hydrogen (secondary N) is 1. The zero-order chi connectivity index (χ0) is 25.0. The van der Waals surface area contributed by atoms with Crippen molar-refractivity contribution in [3.05, 3.63) is 58.6 Å². The van der Waals surface area contributed by atoms with Crippen LogP contribution in [-0.2, 0) is 6.54 Å². The number of hydrogen-bond acceptors (Lipinski definition) is 5. The summed E-state index contributed by atoms with van der Waals surface area (Å²) >= 11 is 6.22. The predicted octanol–water partition coefficient (Wildman–Crippen LogP) is 4.23. The van der Waals surface area contributed by atoms with Crippen LogP contribution in [0.3, 0.4) is 0 Å². The number of piperazine rings is 1. The minimum Gasteiger partial charge on any atom is -0.392 e. The maximum Gasteiger partial charge on any atom is 0.390 e. The SMILES string of the molecule is O=C(Nc1ccc(Cl)cc1N1CCN(CCC(F)(F)F)CC1)c1ccc(CN2CCC(O)C2)cc1. The monoisotopic (exact) mass is 510 g/mol. The van der Waals surface area contributed by atoms with Gasteiger partial charge in [-0.05, 0) is 42.3 Å². The summed E-state index contributed by atoms with van der Waals surface area (Å²) in [6, 6.07) is 12.6. The van der Waals surface area contributed by atoms with E-state index in [1.165, 1.54) is 0 Å². The fourth-order valence-electron chi connectivity index (χ4n) is 4.54. The molecule has 0 aromatic heterocycles. The molecular weight excluding hydrogens is 481 g/mol. The highest BCUT2D eigenvalue weighted by Gasteiger charge is 2.29. The summed E-state index contributed by atoms with van der Waals surface area (Å²) in [5.74, 6) is -0.250. The van der Waals surface area contributed by atoms with Crippen molar-refractivity contribution >= 4 is 28.9 Å². The lowest BCUT2D eigenvalue weighted by Crippen LogP contribution is -2.47. The van der Waals surface area contributed by atoms with E-state index in [9.17, 15) is 23.1 Å². The molecule has 1 atom stereocenters. The van der Waals surface area contributed by atoms with E-state index in [2.05, 4.69) is 10.2 Å². The van der Waals surface area contributed by atoms with E-state index >= 15 is 0 Å². The maximum atomic E-state index is 12.9. The van der Waals surface area contributed by atoms with E-state index in [1.54, 1.807) is 35.2 Å². The minimum absolute atomic E-state index is 0.00911. The van der Waals surface area contributed by atoms with Gasteiger partial charge in [-0.15, -0.1) is 0 Å². The van der Waals surface area contributed by atoms with Gasteiger partial charge in [0.05, 0.1) is 23.9 Å². The number of carbonyl (C=O) groups is 1. The summed E-state index contributed by atoms with van der Waals surface area (Å²) in [4.78, 5) is 19.0. The van der Waals surface area contributed by atoms with Crippen molar-refractivity contribution in [1.82, 2.24) is 9.80 Å². The lowest BCUT2D eigenvalue weighted by Gasteiger charge is -2.37. The van der Waals surface area contributed by atoms with Crippen LogP contribution in [0.4, 0.5) is 24.5 Å². The highest BCUT2D eigenvalue weighted by atomic mass is 35.5. The molecule has 0 saturated carbocycles. The summed E-state index contributed by atoms with van der Waals surface area (Å²) in [5.41, 5.74) is 2.96. The molecule has 0 spiro atoms. The molecule has 4 rings (SSSR count). The summed E-state index contributed by atoms with van der Waals surface area (Å²) in [6.07, 6.45) is -4.45. The molecule has 1 amide bonds. The Morgan fingerprint density at radius 1 is 1.03 bits per heavy atom.